The minimum atomic E-state index is 0.160. The molecule has 1 aromatic heterocycles. The first-order valence-electron chi connectivity index (χ1n) is 5.80. The van der Waals surface area contributed by atoms with Gasteiger partial charge in [0.2, 0.25) is 0 Å². The summed E-state index contributed by atoms with van der Waals surface area (Å²) in [5.41, 5.74) is 6.13. The van der Waals surface area contributed by atoms with Crippen molar-refractivity contribution in [1.29, 1.82) is 0 Å². The lowest BCUT2D eigenvalue weighted by atomic mass is 9.86. The van der Waals surface area contributed by atoms with E-state index in [2.05, 4.69) is 55.4 Å². The number of nitrogens with zero attached hydrogens (tertiary/aromatic N) is 1. The molecule has 0 atom stereocenters. The van der Waals surface area contributed by atoms with Gasteiger partial charge < -0.3 is 5.43 Å². The maximum absolute atomic E-state index is 5.43. The molecule has 1 aromatic carbocycles. The number of aryl methyl sites for hydroxylation is 1. The van der Waals surface area contributed by atoms with Crippen LogP contribution in [0.15, 0.2) is 24.3 Å². The van der Waals surface area contributed by atoms with Crippen molar-refractivity contribution in [2.75, 3.05) is 5.43 Å². The van der Waals surface area contributed by atoms with E-state index < -0.39 is 0 Å². The van der Waals surface area contributed by atoms with Crippen LogP contribution >= 0.6 is 0 Å². The molecule has 3 N–H and O–H groups in total. The van der Waals surface area contributed by atoms with E-state index in [4.69, 9.17) is 5.84 Å². The van der Waals surface area contributed by atoms with Crippen molar-refractivity contribution in [3.8, 4) is 0 Å². The molecule has 17 heavy (non-hydrogen) atoms. The van der Waals surface area contributed by atoms with E-state index in [0.29, 0.717) is 0 Å². The molecular weight excluding hydrogens is 210 g/mol. The number of anilines is 1. The third-order valence-corrected chi connectivity index (χ3v) is 3.01. The van der Waals surface area contributed by atoms with Gasteiger partial charge in [0, 0.05) is 5.39 Å². The van der Waals surface area contributed by atoms with Crippen LogP contribution in [0, 0.1) is 6.92 Å². The van der Waals surface area contributed by atoms with Gasteiger partial charge in [-0.05, 0) is 41.7 Å². The number of hydrogen-bond donors (Lipinski definition) is 2. The molecule has 1 heterocycles. The van der Waals surface area contributed by atoms with Crippen LogP contribution in [-0.4, -0.2) is 4.98 Å². The number of fused-ring (bicyclic) bond motifs is 1. The summed E-state index contributed by atoms with van der Waals surface area (Å²) in [4.78, 5) is 4.48. The van der Waals surface area contributed by atoms with Crippen LogP contribution in [0.1, 0.15) is 31.9 Å². The molecule has 0 fully saturated rings. The predicted octanol–water partition coefficient (Wildman–Crippen LogP) is 3.13. The molecule has 0 aliphatic carbocycles. The summed E-state index contributed by atoms with van der Waals surface area (Å²) in [6, 6.07) is 8.50. The lowest BCUT2D eigenvalue weighted by molar-refractivity contribution is 0.591. The van der Waals surface area contributed by atoms with Crippen molar-refractivity contribution < 1.29 is 0 Å². The van der Waals surface area contributed by atoms with E-state index >= 15 is 0 Å². The first kappa shape index (κ1) is 11.9. The number of rotatable bonds is 1. The molecule has 0 spiro atoms. The molecule has 0 saturated carbocycles. The Morgan fingerprint density at radius 3 is 2.47 bits per heavy atom. The summed E-state index contributed by atoms with van der Waals surface area (Å²) in [5, 5.41) is 1.16. The highest BCUT2D eigenvalue weighted by Crippen LogP contribution is 2.27. The highest BCUT2D eigenvalue weighted by atomic mass is 15.2. The number of aromatic nitrogens is 1. The van der Waals surface area contributed by atoms with Gasteiger partial charge in [0.15, 0.2) is 0 Å². The van der Waals surface area contributed by atoms with Crippen LogP contribution in [0.25, 0.3) is 10.9 Å². The van der Waals surface area contributed by atoms with Gasteiger partial charge in [-0.25, -0.2) is 10.8 Å². The summed E-state index contributed by atoms with van der Waals surface area (Å²) < 4.78 is 0. The predicted molar refractivity (Wildman–Crippen MR) is 73.0 cm³/mol. The molecule has 0 bridgehead atoms. The number of hydrazine groups is 1. The van der Waals surface area contributed by atoms with Crippen LogP contribution in [-0.2, 0) is 5.41 Å². The SMILES string of the molecule is Cc1cc2cc(C(C)(C)C)ccc2nc1NN. The molecule has 2 aromatic rings. The average molecular weight is 229 g/mol. The number of nitrogens with one attached hydrogen (secondary N) is 1. The molecular formula is C14H19N3. The topological polar surface area (TPSA) is 50.9 Å². The van der Waals surface area contributed by atoms with Crippen molar-refractivity contribution in [2.45, 2.75) is 33.1 Å². The molecule has 0 saturated heterocycles. The van der Waals surface area contributed by atoms with Crippen LogP contribution in [0.2, 0.25) is 0 Å². The molecule has 0 aliphatic heterocycles. The highest BCUT2D eigenvalue weighted by molar-refractivity contribution is 5.82. The number of benzene rings is 1. The molecule has 90 valence electrons. The zero-order valence-corrected chi connectivity index (χ0v) is 10.8. The maximum atomic E-state index is 5.43. The largest absolute Gasteiger partial charge is 0.308 e. The standard InChI is InChI=1S/C14H19N3/c1-9-7-10-8-11(14(2,3)4)5-6-12(10)16-13(9)17-15/h5-8H,15H2,1-4H3,(H,16,17). The fourth-order valence-electron chi connectivity index (χ4n) is 1.89. The van der Waals surface area contributed by atoms with Crippen LogP contribution in [0.4, 0.5) is 5.82 Å². The smallest absolute Gasteiger partial charge is 0.143 e. The fraction of sp³-hybridized carbons (Fsp3) is 0.357. The van der Waals surface area contributed by atoms with E-state index in [1.165, 1.54) is 5.56 Å². The second-order valence-electron chi connectivity index (χ2n) is 5.46. The normalized spacial score (nSPS) is 11.8. The second-order valence-corrected chi connectivity index (χ2v) is 5.46. The summed E-state index contributed by atoms with van der Waals surface area (Å²) in [6.07, 6.45) is 0. The molecule has 0 radical (unpaired) electrons. The third kappa shape index (κ3) is 2.24. The highest BCUT2D eigenvalue weighted by Gasteiger charge is 2.14. The van der Waals surface area contributed by atoms with E-state index in [1.807, 2.05) is 6.92 Å². The number of nitrogens with two attached hydrogens (primary N) is 1. The lowest BCUT2D eigenvalue weighted by Crippen LogP contribution is -2.12. The third-order valence-electron chi connectivity index (χ3n) is 3.01. The minimum absolute atomic E-state index is 0.160. The lowest BCUT2D eigenvalue weighted by Gasteiger charge is -2.19. The van der Waals surface area contributed by atoms with E-state index in [-0.39, 0.29) is 5.41 Å². The Balaban J connectivity index is 2.63. The van der Waals surface area contributed by atoms with Gasteiger partial charge >= 0.3 is 0 Å². The van der Waals surface area contributed by atoms with Crippen molar-refractivity contribution in [2.24, 2.45) is 5.84 Å². The minimum Gasteiger partial charge on any atom is -0.308 e. The van der Waals surface area contributed by atoms with Crippen LogP contribution in [0.5, 0.6) is 0 Å². The van der Waals surface area contributed by atoms with E-state index in [1.54, 1.807) is 0 Å². The number of pyridine rings is 1. The Morgan fingerprint density at radius 2 is 1.88 bits per heavy atom. The van der Waals surface area contributed by atoms with Crippen molar-refractivity contribution in [3.05, 3.63) is 35.4 Å². The van der Waals surface area contributed by atoms with Gasteiger partial charge in [-0.15, -0.1) is 0 Å². The number of hydrogen-bond acceptors (Lipinski definition) is 3. The Morgan fingerprint density at radius 1 is 1.18 bits per heavy atom. The Kier molecular flexibility index (Phi) is 2.79. The van der Waals surface area contributed by atoms with Gasteiger partial charge in [0.05, 0.1) is 5.52 Å². The fourth-order valence-corrected chi connectivity index (χ4v) is 1.89. The average Bonchev–Trinajstić information content (AvgIpc) is 2.26. The Labute approximate surface area is 102 Å². The van der Waals surface area contributed by atoms with Crippen LogP contribution in [0.3, 0.4) is 0 Å². The monoisotopic (exact) mass is 229 g/mol. The first-order chi connectivity index (χ1) is 7.91. The van der Waals surface area contributed by atoms with Crippen LogP contribution < -0.4 is 11.3 Å². The first-order valence-corrected chi connectivity index (χ1v) is 5.80. The summed E-state index contributed by atoms with van der Waals surface area (Å²) in [5.74, 6) is 6.17. The van der Waals surface area contributed by atoms with Gasteiger partial charge in [-0.3, -0.25) is 0 Å². The van der Waals surface area contributed by atoms with Crippen molar-refractivity contribution in [1.82, 2.24) is 4.98 Å². The van der Waals surface area contributed by atoms with Crippen molar-refractivity contribution >= 4 is 16.7 Å². The van der Waals surface area contributed by atoms with Gasteiger partial charge in [0.1, 0.15) is 5.82 Å². The Bertz CT molecular complexity index is 553. The van der Waals surface area contributed by atoms with Crippen molar-refractivity contribution in [3.63, 3.8) is 0 Å². The van der Waals surface area contributed by atoms with Gasteiger partial charge in [0.25, 0.3) is 0 Å². The molecule has 0 amide bonds. The molecule has 3 heteroatoms. The quantitative estimate of drug-likeness (QED) is 0.583. The summed E-state index contributed by atoms with van der Waals surface area (Å²) in [6.45, 7) is 8.64. The molecule has 3 nitrogen and oxygen atoms in total. The zero-order chi connectivity index (χ0) is 12.6. The van der Waals surface area contributed by atoms with Gasteiger partial charge in [-0.2, -0.15) is 0 Å². The van der Waals surface area contributed by atoms with E-state index in [0.717, 1.165) is 22.3 Å². The molecule has 0 aliphatic rings. The summed E-state index contributed by atoms with van der Waals surface area (Å²) >= 11 is 0. The Hall–Kier alpha value is -1.61. The molecule has 2 rings (SSSR count). The van der Waals surface area contributed by atoms with E-state index in [9.17, 15) is 0 Å². The summed E-state index contributed by atoms with van der Waals surface area (Å²) in [7, 11) is 0. The second kappa shape index (κ2) is 4.00. The molecule has 0 unspecified atom stereocenters. The van der Waals surface area contributed by atoms with Gasteiger partial charge in [-0.1, -0.05) is 26.8 Å². The number of nitrogen functional groups attached to an aromatic ring is 1. The zero-order valence-electron chi connectivity index (χ0n) is 10.8. The maximum Gasteiger partial charge on any atom is 0.143 e.